The molecule has 2 N–H and O–H groups in total. The summed E-state index contributed by atoms with van der Waals surface area (Å²) in [6.45, 7) is 7.85. The fourth-order valence-corrected chi connectivity index (χ4v) is 2.89. The topological polar surface area (TPSA) is 64.8 Å². The number of anilines is 2. The first-order valence-corrected chi connectivity index (χ1v) is 6.80. The van der Waals surface area contributed by atoms with Gasteiger partial charge in [-0.2, -0.15) is 0 Å². The van der Waals surface area contributed by atoms with Crippen LogP contribution in [0.15, 0.2) is 0 Å². The molecule has 18 heavy (non-hydrogen) atoms. The molecule has 5 nitrogen and oxygen atoms in total. The average Bonchev–Trinajstić information content (AvgIpc) is 2.68. The van der Waals surface area contributed by atoms with E-state index < -0.39 is 5.97 Å². The molecule has 0 amide bonds. The van der Waals surface area contributed by atoms with Gasteiger partial charge in [-0.25, -0.2) is 4.79 Å². The number of ether oxygens (including phenoxy) is 2. The minimum atomic E-state index is -0.392. The van der Waals surface area contributed by atoms with E-state index in [4.69, 9.17) is 15.2 Å². The fourth-order valence-electron chi connectivity index (χ4n) is 1.68. The van der Waals surface area contributed by atoms with Crippen LogP contribution in [0.3, 0.4) is 0 Å². The summed E-state index contributed by atoms with van der Waals surface area (Å²) in [6.07, 6.45) is 0. The number of carbonyl (C=O) groups is 1. The van der Waals surface area contributed by atoms with Crippen LogP contribution in [0.1, 0.15) is 30.4 Å². The lowest BCUT2D eigenvalue weighted by Crippen LogP contribution is -2.21. The monoisotopic (exact) mass is 272 g/mol. The first kappa shape index (κ1) is 14.6. The zero-order chi connectivity index (χ0) is 13.7. The summed E-state index contributed by atoms with van der Waals surface area (Å²) in [5.74, 6) is 0.170. The third-order valence-corrected chi connectivity index (χ3v) is 3.83. The van der Waals surface area contributed by atoms with Crippen LogP contribution in [0.4, 0.5) is 10.7 Å². The van der Waals surface area contributed by atoms with E-state index in [1.165, 1.54) is 11.3 Å². The van der Waals surface area contributed by atoms with Gasteiger partial charge in [0.1, 0.15) is 15.6 Å². The Bertz CT molecular complexity index is 414. The van der Waals surface area contributed by atoms with Crippen LogP contribution in [0, 0.1) is 0 Å². The maximum Gasteiger partial charge on any atom is 0.350 e. The molecule has 6 heteroatoms. The quantitative estimate of drug-likeness (QED) is 0.805. The van der Waals surface area contributed by atoms with Gasteiger partial charge in [-0.1, -0.05) is 0 Å². The number of rotatable bonds is 6. The predicted molar refractivity (Wildman–Crippen MR) is 74.8 cm³/mol. The number of nitrogens with zero attached hydrogens (tertiary/aromatic N) is 1. The van der Waals surface area contributed by atoms with Crippen LogP contribution >= 0.6 is 11.3 Å². The normalized spacial score (nSPS) is 10.2. The molecule has 0 saturated carbocycles. The zero-order valence-corrected chi connectivity index (χ0v) is 12.1. The van der Waals surface area contributed by atoms with Crippen LogP contribution in [-0.2, 0) is 4.74 Å². The SMILES string of the molecule is CCOC(=O)c1sc(N(CC)CC)c(OC)c1N. The van der Waals surface area contributed by atoms with E-state index in [2.05, 4.69) is 4.90 Å². The number of esters is 1. The summed E-state index contributed by atoms with van der Waals surface area (Å²) < 4.78 is 10.3. The molecule has 1 aromatic heterocycles. The Morgan fingerprint density at radius 1 is 1.33 bits per heavy atom. The number of hydrogen-bond acceptors (Lipinski definition) is 6. The highest BCUT2D eigenvalue weighted by atomic mass is 32.1. The Hall–Kier alpha value is -1.43. The number of nitrogens with two attached hydrogens (primary N) is 1. The van der Waals surface area contributed by atoms with Crippen LogP contribution in [0.25, 0.3) is 0 Å². The molecule has 0 bridgehead atoms. The first-order valence-electron chi connectivity index (χ1n) is 5.98. The van der Waals surface area contributed by atoms with Crippen molar-refractivity contribution < 1.29 is 14.3 Å². The van der Waals surface area contributed by atoms with Crippen molar-refractivity contribution in [3.63, 3.8) is 0 Å². The molecule has 0 unspecified atom stereocenters. The van der Waals surface area contributed by atoms with Crippen molar-refractivity contribution in [2.45, 2.75) is 20.8 Å². The van der Waals surface area contributed by atoms with E-state index in [-0.39, 0.29) is 0 Å². The van der Waals surface area contributed by atoms with Gasteiger partial charge >= 0.3 is 5.97 Å². The highest BCUT2D eigenvalue weighted by Gasteiger charge is 2.24. The molecule has 1 heterocycles. The summed E-state index contributed by atoms with van der Waals surface area (Å²) in [6, 6.07) is 0. The summed E-state index contributed by atoms with van der Waals surface area (Å²) >= 11 is 1.32. The van der Waals surface area contributed by atoms with Gasteiger partial charge in [-0.15, -0.1) is 11.3 Å². The lowest BCUT2D eigenvalue weighted by Gasteiger charge is -2.19. The Kier molecular flexibility index (Phi) is 5.27. The first-order chi connectivity index (χ1) is 8.60. The van der Waals surface area contributed by atoms with E-state index in [0.717, 1.165) is 18.1 Å². The Balaban J connectivity index is 3.20. The van der Waals surface area contributed by atoms with Gasteiger partial charge in [0.05, 0.1) is 13.7 Å². The molecule has 1 rings (SSSR count). The average molecular weight is 272 g/mol. The second-order valence-electron chi connectivity index (χ2n) is 3.58. The Morgan fingerprint density at radius 3 is 2.39 bits per heavy atom. The maximum atomic E-state index is 11.8. The second kappa shape index (κ2) is 6.49. The smallest absolute Gasteiger partial charge is 0.350 e. The molecular formula is C12H20N2O3S. The minimum Gasteiger partial charge on any atom is -0.492 e. The third kappa shape index (κ3) is 2.69. The van der Waals surface area contributed by atoms with Gasteiger partial charge in [-0.3, -0.25) is 0 Å². The van der Waals surface area contributed by atoms with Gasteiger partial charge in [0.2, 0.25) is 0 Å². The van der Waals surface area contributed by atoms with Gasteiger partial charge in [-0.05, 0) is 20.8 Å². The van der Waals surface area contributed by atoms with Crippen LogP contribution < -0.4 is 15.4 Å². The Labute approximate surface area is 111 Å². The van der Waals surface area contributed by atoms with Crippen molar-refractivity contribution in [2.75, 3.05) is 37.4 Å². The number of hydrogen-bond donors (Lipinski definition) is 1. The van der Waals surface area contributed by atoms with Crippen molar-refractivity contribution in [3.8, 4) is 5.75 Å². The molecule has 0 aromatic carbocycles. The highest BCUT2D eigenvalue weighted by molar-refractivity contribution is 7.19. The maximum absolute atomic E-state index is 11.8. The van der Waals surface area contributed by atoms with Crippen molar-refractivity contribution in [1.82, 2.24) is 0 Å². The molecule has 0 atom stereocenters. The summed E-state index contributed by atoms with van der Waals surface area (Å²) in [7, 11) is 1.56. The molecule has 0 aliphatic heterocycles. The Morgan fingerprint density at radius 2 is 1.94 bits per heavy atom. The molecule has 0 saturated heterocycles. The number of methoxy groups -OCH3 is 1. The van der Waals surface area contributed by atoms with Crippen molar-refractivity contribution in [1.29, 1.82) is 0 Å². The van der Waals surface area contributed by atoms with Crippen molar-refractivity contribution in [2.24, 2.45) is 0 Å². The van der Waals surface area contributed by atoms with E-state index >= 15 is 0 Å². The lowest BCUT2D eigenvalue weighted by atomic mass is 10.3. The zero-order valence-electron chi connectivity index (χ0n) is 11.3. The van der Waals surface area contributed by atoms with E-state index in [9.17, 15) is 4.79 Å². The number of thiophene rings is 1. The molecule has 102 valence electrons. The highest BCUT2D eigenvalue weighted by Crippen LogP contribution is 2.44. The number of carbonyl (C=O) groups excluding carboxylic acids is 1. The van der Waals surface area contributed by atoms with Crippen LogP contribution in [0.5, 0.6) is 5.75 Å². The van der Waals surface area contributed by atoms with E-state index in [0.29, 0.717) is 22.9 Å². The molecule has 0 aliphatic rings. The van der Waals surface area contributed by atoms with E-state index in [1.807, 2.05) is 13.8 Å². The molecule has 0 spiro atoms. The molecule has 0 fully saturated rings. The number of nitrogen functional groups attached to an aromatic ring is 1. The standard InChI is InChI=1S/C12H20N2O3S/c1-5-14(6-2)11-9(16-4)8(13)10(18-11)12(15)17-7-3/h5-7,13H2,1-4H3. The molecule has 0 radical (unpaired) electrons. The fraction of sp³-hybridized carbons (Fsp3) is 0.583. The largest absolute Gasteiger partial charge is 0.492 e. The predicted octanol–water partition coefficient (Wildman–Crippen LogP) is 2.36. The van der Waals surface area contributed by atoms with Gasteiger partial charge in [0.15, 0.2) is 5.75 Å². The van der Waals surface area contributed by atoms with Crippen molar-refractivity contribution in [3.05, 3.63) is 4.88 Å². The van der Waals surface area contributed by atoms with Gasteiger partial charge < -0.3 is 20.1 Å². The summed E-state index contributed by atoms with van der Waals surface area (Å²) in [5, 5.41) is 0.878. The van der Waals surface area contributed by atoms with Gasteiger partial charge in [0, 0.05) is 13.1 Å². The minimum absolute atomic E-state index is 0.332. The third-order valence-electron chi connectivity index (χ3n) is 2.60. The summed E-state index contributed by atoms with van der Waals surface area (Å²) in [5.41, 5.74) is 6.31. The molecule has 0 aliphatic carbocycles. The molecule has 1 aromatic rings. The van der Waals surface area contributed by atoms with Crippen LogP contribution in [0.2, 0.25) is 0 Å². The second-order valence-corrected chi connectivity index (χ2v) is 4.58. The summed E-state index contributed by atoms with van der Waals surface area (Å²) in [4.78, 5) is 14.3. The van der Waals surface area contributed by atoms with Gasteiger partial charge in [0.25, 0.3) is 0 Å². The van der Waals surface area contributed by atoms with E-state index in [1.54, 1.807) is 14.0 Å². The molecular weight excluding hydrogens is 252 g/mol. The van der Waals surface area contributed by atoms with Crippen LogP contribution in [-0.4, -0.2) is 32.8 Å². The van der Waals surface area contributed by atoms with Crippen molar-refractivity contribution >= 4 is 28.0 Å². The lowest BCUT2D eigenvalue weighted by molar-refractivity contribution is 0.0533.